The van der Waals surface area contributed by atoms with Crippen LogP contribution in [0.25, 0.3) is 0 Å². The van der Waals surface area contributed by atoms with E-state index in [1.54, 1.807) is 24.3 Å². The van der Waals surface area contributed by atoms with Crippen LogP contribution in [0.1, 0.15) is 26.2 Å². The highest BCUT2D eigenvalue weighted by atomic mass is 16.5. The van der Waals surface area contributed by atoms with Crippen LogP contribution < -0.4 is 10.2 Å². The SMILES string of the molecule is CCC1CCCN1CCOc1ccc(B(O)O)cc1. The fourth-order valence-electron chi connectivity index (χ4n) is 2.67. The summed E-state index contributed by atoms with van der Waals surface area (Å²) in [6.07, 6.45) is 3.81. The topological polar surface area (TPSA) is 52.9 Å². The molecule has 1 aromatic carbocycles. The lowest BCUT2D eigenvalue weighted by Gasteiger charge is -2.23. The van der Waals surface area contributed by atoms with Crippen LogP contribution >= 0.6 is 0 Å². The molecular weight excluding hydrogens is 241 g/mol. The first-order valence-electron chi connectivity index (χ1n) is 7.03. The van der Waals surface area contributed by atoms with Crippen molar-refractivity contribution in [2.75, 3.05) is 19.7 Å². The molecule has 0 radical (unpaired) electrons. The second-order valence-electron chi connectivity index (χ2n) is 5.03. The second kappa shape index (κ2) is 6.94. The molecule has 1 fully saturated rings. The van der Waals surface area contributed by atoms with E-state index in [1.165, 1.54) is 25.8 Å². The van der Waals surface area contributed by atoms with E-state index in [1.807, 2.05) is 0 Å². The van der Waals surface area contributed by atoms with Gasteiger partial charge in [-0.15, -0.1) is 0 Å². The smallest absolute Gasteiger partial charge is 0.488 e. The van der Waals surface area contributed by atoms with E-state index in [2.05, 4.69) is 11.8 Å². The molecular formula is C14H22BNO3. The van der Waals surface area contributed by atoms with E-state index in [9.17, 15) is 0 Å². The van der Waals surface area contributed by atoms with Gasteiger partial charge in [-0.25, -0.2) is 0 Å². The van der Waals surface area contributed by atoms with Crippen LogP contribution in [0.15, 0.2) is 24.3 Å². The summed E-state index contributed by atoms with van der Waals surface area (Å²) in [5, 5.41) is 18.0. The van der Waals surface area contributed by atoms with E-state index in [0.29, 0.717) is 12.1 Å². The van der Waals surface area contributed by atoms with Crippen LogP contribution in [0.2, 0.25) is 0 Å². The van der Waals surface area contributed by atoms with Gasteiger partial charge < -0.3 is 14.8 Å². The Bertz CT molecular complexity index is 383. The molecule has 1 saturated heterocycles. The van der Waals surface area contributed by atoms with E-state index < -0.39 is 7.12 Å². The number of ether oxygens (including phenoxy) is 1. The minimum atomic E-state index is -1.41. The highest BCUT2D eigenvalue weighted by Crippen LogP contribution is 2.19. The molecule has 104 valence electrons. The van der Waals surface area contributed by atoms with Crippen molar-refractivity contribution in [3.05, 3.63) is 24.3 Å². The summed E-state index contributed by atoms with van der Waals surface area (Å²) in [7, 11) is -1.41. The molecule has 0 aliphatic carbocycles. The molecule has 1 unspecified atom stereocenters. The summed E-state index contributed by atoms with van der Waals surface area (Å²) in [6, 6.07) is 7.61. The lowest BCUT2D eigenvalue weighted by molar-refractivity contribution is 0.193. The Labute approximate surface area is 115 Å². The Morgan fingerprint density at radius 2 is 2.05 bits per heavy atom. The standard InChI is InChI=1S/C14H22BNO3/c1-2-13-4-3-9-16(13)10-11-19-14-7-5-12(6-8-14)15(17)18/h5-8,13,17-18H,2-4,9-11H2,1H3. The summed E-state index contributed by atoms with van der Waals surface area (Å²) in [4.78, 5) is 2.49. The summed E-state index contributed by atoms with van der Waals surface area (Å²) >= 11 is 0. The van der Waals surface area contributed by atoms with Gasteiger partial charge in [0, 0.05) is 12.6 Å². The predicted molar refractivity (Wildman–Crippen MR) is 76.6 cm³/mol. The molecule has 19 heavy (non-hydrogen) atoms. The maximum Gasteiger partial charge on any atom is 0.488 e. The van der Waals surface area contributed by atoms with Crippen molar-refractivity contribution in [2.45, 2.75) is 32.2 Å². The zero-order chi connectivity index (χ0) is 13.7. The number of rotatable bonds is 6. The highest BCUT2D eigenvalue weighted by molar-refractivity contribution is 6.58. The molecule has 1 atom stereocenters. The van der Waals surface area contributed by atoms with Gasteiger partial charge >= 0.3 is 7.12 Å². The Kier molecular flexibility index (Phi) is 5.25. The fourth-order valence-corrected chi connectivity index (χ4v) is 2.67. The van der Waals surface area contributed by atoms with Gasteiger partial charge in [-0.1, -0.05) is 19.1 Å². The van der Waals surface area contributed by atoms with Crippen molar-refractivity contribution >= 4 is 12.6 Å². The molecule has 0 bridgehead atoms. The van der Waals surface area contributed by atoms with Crippen molar-refractivity contribution < 1.29 is 14.8 Å². The lowest BCUT2D eigenvalue weighted by atomic mass is 9.80. The van der Waals surface area contributed by atoms with Gasteiger partial charge in [0.05, 0.1) is 0 Å². The third-order valence-corrected chi connectivity index (χ3v) is 3.80. The number of hydrogen-bond donors (Lipinski definition) is 2. The molecule has 0 saturated carbocycles. The van der Waals surface area contributed by atoms with Crippen LogP contribution in [-0.2, 0) is 0 Å². The predicted octanol–water partition coefficient (Wildman–Crippen LogP) is 0.620. The zero-order valence-corrected chi connectivity index (χ0v) is 11.5. The van der Waals surface area contributed by atoms with Gasteiger partial charge in [0.1, 0.15) is 12.4 Å². The number of likely N-dealkylation sites (tertiary alicyclic amines) is 1. The number of hydrogen-bond acceptors (Lipinski definition) is 4. The van der Waals surface area contributed by atoms with E-state index >= 15 is 0 Å². The molecule has 4 nitrogen and oxygen atoms in total. The molecule has 1 aromatic rings. The van der Waals surface area contributed by atoms with Crippen LogP contribution in [0.3, 0.4) is 0 Å². The average molecular weight is 263 g/mol. The summed E-state index contributed by atoms with van der Waals surface area (Å²) in [6.45, 7) is 5.06. The first-order chi connectivity index (χ1) is 9.20. The largest absolute Gasteiger partial charge is 0.492 e. The van der Waals surface area contributed by atoms with Gasteiger partial charge in [-0.2, -0.15) is 0 Å². The molecule has 1 heterocycles. The van der Waals surface area contributed by atoms with Crippen molar-refractivity contribution in [3.8, 4) is 5.75 Å². The van der Waals surface area contributed by atoms with Crippen LogP contribution in [-0.4, -0.2) is 47.8 Å². The van der Waals surface area contributed by atoms with Crippen LogP contribution in [0.4, 0.5) is 0 Å². The maximum absolute atomic E-state index is 9.00. The Morgan fingerprint density at radius 3 is 2.68 bits per heavy atom. The van der Waals surface area contributed by atoms with E-state index in [-0.39, 0.29) is 0 Å². The fraction of sp³-hybridized carbons (Fsp3) is 0.571. The first kappa shape index (κ1) is 14.4. The number of nitrogens with zero attached hydrogens (tertiary/aromatic N) is 1. The van der Waals surface area contributed by atoms with Crippen LogP contribution in [0, 0.1) is 0 Å². The van der Waals surface area contributed by atoms with Crippen molar-refractivity contribution in [1.82, 2.24) is 4.90 Å². The van der Waals surface area contributed by atoms with Gasteiger partial charge in [-0.05, 0) is 43.4 Å². The van der Waals surface area contributed by atoms with Gasteiger partial charge in [0.25, 0.3) is 0 Å². The lowest BCUT2D eigenvalue weighted by Crippen LogP contribution is -2.32. The molecule has 2 rings (SSSR count). The molecule has 2 N–H and O–H groups in total. The first-order valence-corrected chi connectivity index (χ1v) is 7.03. The number of benzene rings is 1. The monoisotopic (exact) mass is 263 g/mol. The molecule has 0 amide bonds. The van der Waals surface area contributed by atoms with Crippen molar-refractivity contribution in [1.29, 1.82) is 0 Å². The Hall–Kier alpha value is -1.04. The van der Waals surface area contributed by atoms with Crippen LogP contribution in [0.5, 0.6) is 5.75 Å². The Morgan fingerprint density at radius 1 is 1.32 bits per heavy atom. The van der Waals surface area contributed by atoms with Gasteiger partial charge in [0.2, 0.25) is 0 Å². The average Bonchev–Trinajstić information content (AvgIpc) is 2.87. The van der Waals surface area contributed by atoms with E-state index in [0.717, 1.165) is 18.3 Å². The maximum atomic E-state index is 9.00. The second-order valence-corrected chi connectivity index (χ2v) is 5.03. The summed E-state index contributed by atoms with van der Waals surface area (Å²) in [5.41, 5.74) is 0.484. The van der Waals surface area contributed by atoms with Crippen molar-refractivity contribution in [2.24, 2.45) is 0 Å². The zero-order valence-electron chi connectivity index (χ0n) is 11.5. The quantitative estimate of drug-likeness (QED) is 0.739. The summed E-state index contributed by atoms with van der Waals surface area (Å²) < 4.78 is 5.69. The highest BCUT2D eigenvalue weighted by Gasteiger charge is 2.22. The van der Waals surface area contributed by atoms with Crippen molar-refractivity contribution in [3.63, 3.8) is 0 Å². The van der Waals surface area contributed by atoms with Gasteiger partial charge in [0.15, 0.2) is 0 Å². The Balaban J connectivity index is 1.76. The minimum Gasteiger partial charge on any atom is -0.492 e. The molecule has 0 spiro atoms. The third-order valence-electron chi connectivity index (χ3n) is 3.80. The normalized spacial score (nSPS) is 19.6. The molecule has 5 heteroatoms. The third kappa shape index (κ3) is 3.96. The van der Waals surface area contributed by atoms with Gasteiger partial charge in [-0.3, -0.25) is 4.90 Å². The molecule has 0 aromatic heterocycles. The summed E-state index contributed by atoms with van der Waals surface area (Å²) in [5.74, 6) is 0.775. The molecule has 1 aliphatic rings. The minimum absolute atomic E-state index is 0.484. The molecule has 1 aliphatic heterocycles. The van der Waals surface area contributed by atoms with E-state index in [4.69, 9.17) is 14.8 Å².